The molecule has 0 unspecified atom stereocenters. The number of esters is 1. The predicted molar refractivity (Wildman–Crippen MR) is 116 cm³/mol. The van der Waals surface area contributed by atoms with Gasteiger partial charge in [0.2, 0.25) is 0 Å². The minimum absolute atomic E-state index is 0.0220. The van der Waals surface area contributed by atoms with Crippen LogP contribution in [0.3, 0.4) is 0 Å². The van der Waals surface area contributed by atoms with E-state index in [0.717, 1.165) is 25.7 Å². The second-order valence-corrected chi connectivity index (χ2v) is 11.3. The van der Waals surface area contributed by atoms with Crippen molar-refractivity contribution in [3.63, 3.8) is 0 Å². The Balaban J connectivity index is 1.59. The number of carbonyl (C=O) groups excluding carboxylic acids is 3. The van der Waals surface area contributed by atoms with E-state index in [2.05, 4.69) is 13.8 Å². The molecular formula is C25H33ClO5. The smallest absolute Gasteiger partial charge is 0.306 e. The van der Waals surface area contributed by atoms with Crippen LogP contribution < -0.4 is 0 Å². The van der Waals surface area contributed by atoms with Gasteiger partial charge in [0, 0.05) is 29.6 Å². The number of fused-ring (bicyclic) bond motifs is 3. The quantitative estimate of drug-likeness (QED) is 0.362. The lowest BCUT2D eigenvalue weighted by Gasteiger charge is -2.57. The third-order valence-electron chi connectivity index (χ3n) is 9.97. The highest BCUT2D eigenvalue weighted by Crippen LogP contribution is 2.77. The number of epoxide rings is 1. The summed E-state index contributed by atoms with van der Waals surface area (Å²) >= 11 is 6.11. The lowest BCUT2D eigenvalue weighted by molar-refractivity contribution is -0.191. The zero-order chi connectivity index (χ0) is 22.4. The first-order valence-corrected chi connectivity index (χ1v) is 12.4. The minimum Gasteiger partial charge on any atom is -0.450 e. The van der Waals surface area contributed by atoms with Gasteiger partial charge in [-0.1, -0.05) is 33.3 Å². The first kappa shape index (κ1) is 21.6. The highest BCUT2D eigenvalue weighted by molar-refractivity contribution is 6.29. The van der Waals surface area contributed by atoms with Gasteiger partial charge in [-0.25, -0.2) is 0 Å². The molecule has 1 heterocycles. The Labute approximate surface area is 189 Å². The van der Waals surface area contributed by atoms with Crippen molar-refractivity contribution in [2.24, 2.45) is 28.6 Å². The molecule has 8 atom stereocenters. The van der Waals surface area contributed by atoms with E-state index in [1.807, 2.05) is 13.0 Å². The van der Waals surface area contributed by atoms with Crippen molar-refractivity contribution in [2.75, 3.05) is 5.88 Å². The summed E-state index contributed by atoms with van der Waals surface area (Å²) in [5.41, 5.74) is -0.819. The monoisotopic (exact) mass is 448 g/mol. The number of Topliss-reactive ketones (excluding diaryl/α,β-unsaturated/α-hetero) is 1. The average molecular weight is 449 g/mol. The molecule has 1 saturated heterocycles. The zero-order valence-electron chi connectivity index (χ0n) is 19.0. The van der Waals surface area contributed by atoms with Crippen molar-refractivity contribution in [1.82, 2.24) is 0 Å². The molecule has 0 bridgehead atoms. The Morgan fingerprint density at radius 1 is 1.26 bits per heavy atom. The summed E-state index contributed by atoms with van der Waals surface area (Å²) in [6.45, 7) is 8.23. The molecule has 0 amide bonds. The van der Waals surface area contributed by atoms with Crippen molar-refractivity contribution in [3.8, 4) is 0 Å². The van der Waals surface area contributed by atoms with Crippen LogP contribution in [-0.4, -0.2) is 40.7 Å². The Hall–Kier alpha value is -1.20. The van der Waals surface area contributed by atoms with E-state index in [0.29, 0.717) is 18.8 Å². The molecule has 5 nitrogen and oxygen atoms in total. The zero-order valence-corrected chi connectivity index (χ0v) is 19.7. The first-order valence-electron chi connectivity index (χ1n) is 11.8. The van der Waals surface area contributed by atoms with Crippen molar-refractivity contribution in [1.29, 1.82) is 0 Å². The summed E-state index contributed by atoms with van der Waals surface area (Å²) in [6, 6.07) is 0. The molecule has 3 saturated carbocycles. The lowest BCUT2D eigenvalue weighted by atomic mass is 9.46. The van der Waals surface area contributed by atoms with Crippen molar-refractivity contribution >= 4 is 29.1 Å². The van der Waals surface area contributed by atoms with Gasteiger partial charge in [0.25, 0.3) is 0 Å². The number of hydrogen-bond acceptors (Lipinski definition) is 5. The molecule has 5 aliphatic rings. The van der Waals surface area contributed by atoms with E-state index in [1.54, 1.807) is 6.92 Å². The van der Waals surface area contributed by atoms with Crippen molar-refractivity contribution in [2.45, 2.75) is 89.9 Å². The second kappa shape index (κ2) is 6.66. The molecule has 0 radical (unpaired) electrons. The second-order valence-electron chi connectivity index (χ2n) is 11.0. The molecule has 31 heavy (non-hydrogen) atoms. The fourth-order valence-corrected chi connectivity index (χ4v) is 8.75. The van der Waals surface area contributed by atoms with Crippen molar-refractivity contribution < 1.29 is 23.9 Å². The normalized spacial score (nSPS) is 49.8. The maximum Gasteiger partial charge on any atom is 0.306 e. The minimum atomic E-state index is -1.19. The topological polar surface area (TPSA) is 73.0 Å². The molecule has 1 spiro atoms. The van der Waals surface area contributed by atoms with Gasteiger partial charge in [-0.15, -0.1) is 11.6 Å². The molecule has 0 aromatic rings. The number of alkyl halides is 1. The number of halogens is 1. The Kier molecular flexibility index (Phi) is 4.65. The van der Waals surface area contributed by atoms with Crippen LogP contribution in [0, 0.1) is 28.6 Å². The standard InChI is InChI=1S/C25H33ClO5/c1-5-21(29)31-24(19(28)13-26)14(2)10-18-17-7-6-15-11-16(27)8-9-22(15,3)25(17)20(30-25)12-23(18,24)4/h11,14,17-18,20H,5-10,12-13H2,1-4H3/t14-,17-,18-,20-,22-,23-,24-,25+/m0/s1. The fourth-order valence-electron chi connectivity index (χ4n) is 8.55. The molecule has 6 heteroatoms. The highest BCUT2D eigenvalue weighted by atomic mass is 35.5. The number of ketones is 2. The van der Waals surface area contributed by atoms with Crippen molar-refractivity contribution in [3.05, 3.63) is 11.6 Å². The summed E-state index contributed by atoms with van der Waals surface area (Å²) in [7, 11) is 0. The maximum atomic E-state index is 13.4. The molecule has 170 valence electrons. The number of carbonyl (C=O) groups is 3. The Morgan fingerprint density at radius 3 is 2.68 bits per heavy atom. The van der Waals surface area contributed by atoms with Gasteiger partial charge in [0.15, 0.2) is 17.2 Å². The van der Waals surface area contributed by atoms with Crippen LogP contribution >= 0.6 is 11.6 Å². The number of hydrogen-bond donors (Lipinski definition) is 0. The summed E-state index contributed by atoms with van der Waals surface area (Å²) < 4.78 is 12.7. The van der Waals surface area contributed by atoms with Crippen LogP contribution in [0.1, 0.15) is 72.6 Å². The SMILES string of the molecule is CCC(=O)O[C@]1(C(=O)CCl)[C@@H](C)C[C@H]2[C@@H]3CCC4=CC(=O)CC[C@]4(C)[C@@]34O[C@H]4C[C@@]21C. The average Bonchev–Trinajstić information content (AvgIpc) is 3.41. The third kappa shape index (κ3) is 2.40. The number of ether oxygens (including phenoxy) is 2. The summed E-state index contributed by atoms with van der Waals surface area (Å²) in [5.74, 6) is -0.0184. The van der Waals surface area contributed by atoms with Crippen LogP contribution in [-0.2, 0) is 23.9 Å². The third-order valence-corrected chi connectivity index (χ3v) is 10.2. The largest absolute Gasteiger partial charge is 0.450 e. The Morgan fingerprint density at radius 2 is 2.00 bits per heavy atom. The van der Waals surface area contributed by atoms with E-state index in [-0.39, 0.29) is 58.8 Å². The predicted octanol–water partition coefficient (Wildman–Crippen LogP) is 4.40. The summed E-state index contributed by atoms with van der Waals surface area (Å²) in [5, 5.41) is 0. The molecule has 0 aromatic heterocycles. The van der Waals surface area contributed by atoms with Gasteiger partial charge in [-0.2, -0.15) is 0 Å². The van der Waals surface area contributed by atoms with Crippen LogP contribution in [0.5, 0.6) is 0 Å². The van der Waals surface area contributed by atoms with Crippen LogP contribution in [0.2, 0.25) is 0 Å². The van der Waals surface area contributed by atoms with Gasteiger partial charge in [0.1, 0.15) is 5.60 Å². The molecule has 5 rings (SSSR count). The summed E-state index contributed by atoms with van der Waals surface area (Å²) in [6.07, 6.45) is 6.91. The van der Waals surface area contributed by atoms with E-state index < -0.39 is 11.0 Å². The number of rotatable bonds is 4. The van der Waals surface area contributed by atoms with Gasteiger partial charge >= 0.3 is 5.97 Å². The van der Waals surface area contributed by atoms with E-state index in [4.69, 9.17) is 21.1 Å². The molecule has 0 N–H and O–H groups in total. The van der Waals surface area contributed by atoms with Crippen LogP contribution in [0.25, 0.3) is 0 Å². The van der Waals surface area contributed by atoms with Gasteiger partial charge < -0.3 is 9.47 Å². The van der Waals surface area contributed by atoms with E-state index in [1.165, 1.54) is 5.57 Å². The van der Waals surface area contributed by atoms with Gasteiger partial charge in [0.05, 0.1) is 12.0 Å². The van der Waals surface area contributed by atoms with Crippen LogP contribution in [0.4, 0.5) is 0 Å². The van der Waals surface area contributed by atoms with E-state index in [9.17, 15) is 14.4 Å². The summed E-state index contributed by atoms with van der Waals surface area (Å²) in [4.78, 5) is 38.0. The van der Waals surface area contributed by atoms with Crippen LogP contribution in [0.15, 0.2) is 11.6 Å². The molecular weight excluding hydrogens is 416 g/mol. The lowest BCUT2D eigenvalue weighted by Crippen LogP contribution is -2.63. The molecule has 4 aliphatic carbocycles. The van der Waals surface area contributed by atoms with E-state index >= 15 is 0 Å². The van der Waals surface area contributed by atoms with Gasteiger partial charge in [-0.05, 0) is 50.0 Å². The molecule has 4 fully saturated rings. The maximum absolute atomic E-state index is 13.4. The highest BCUT2D eigenvalue weighted by Gasteiger charge is 2.83. The molecule has 0 aromatic carbocycles. The first-order chi connectivity index (χ1) is 14.6. The molecule has 1 aliphatic heterocycles. The fraction of sp³-hybridized carbons (Fsp3) is 0.800. The Bertz CT molecular complexity index is 896. The van der Waals surface area contributed by atoms with Gasteiger partial charge in [-0.3, -0.25) is 14.4 Å².